The summed E-state index contributed by atoms with van der Waals surface area (Å²) in [5.74, 6) is -0.994. The maximum Gasteiger partial charge on any atom is 0.308 e. The van der Waals surface area contributed by atoms with Crippen LogP contribution in [0.2, 0.25) is 0 Å². The molecule has 1 aromatic rings. The molecule has 2 rings (SSSR count). The minimum atomic E-state index is -3.69. The van der Waals surface area contributed by atoms with Crippen molar-refractivity contribution in [2.45, 2.75) is 48.5 Å². The highest BCUT2D eigenvalue weighted by atomic mass is 32.2. The molecule has 0 radical (unpaired) electrons. The number of sulfonamides is 1. The molecule has 2 atom stereocenters. The van der Waals surface area contributed by atoms with Gasteiger partial charge in [0, 0.05) is 10.9 Å². The van der Waals surface area contributed by atoms with Crippen molar-refractivity contribution in [3.63, 3.8) is 0 Å². The van der Waals surface area contributed by atoms with Gasteiger partial charge in [-0.1, -0.05) is 12.8 Å². The fraction of sp³-hybridized carbons (Fsp3) is 0.583. The summed E-state index contributed by atoms with van der Waals surface area (Å²) in [4.78, 5) is 11.1. The van der Waals surface area contributed by atoms with Crippen LogP contribution < -0.4 is 4.72 Å². The Morgan fingerprint density at radius 3 is 2.70 bits per heavy atom. The average molecular weight is 319 g/mol. The highest BCUT2D eigenvalue weighted by Crippen LogP contribution is 2.25. The lowest BCUT2D eigenvalue weighted by Gasteiger charge is -2.27. The smallest absolute Gasteiger partial charge is 0.308 e. The summed E-state index contributed by atoms with van der Waals surface area (Å²) in [5.41, 5.74) is 0. The molecule has 0 spiro atoms. The van der Waals surface area contributed by atoms with Gasteiger partial charge in [-0.15, -0.1) is 11.3 Å². The fourth-order valence-electron chi connectivity index (χ4n) is 2.25. The molecule has 6 nitrogen and oxygen atoms in total. The molecule has 1 aliphatic rings. The lowest BCUT2D eigenvalue weighted by Crippen LogP contribution is -2.44. The van der Waals surface area contributed by atoms with E-state index in [2.05, 4.69) is 4.72 Å². The predicted molar refractivity (Wildman–Crippen MR) is 74.2 cm³/mol. The van der Waals surface area contributed by atoms with Crippen LogP contribution in [-0.4, -0.2) is 36.7 Å². The Morgan fingerprint density at radius 2 is 2.05 bits per heavy atom. The number of rotatable bonds is 5. The number of aliphatic carboxylic acids is 1. The summed E-state index contributed by atoms with van der Waals surface area (Å²) in [5, 5.41) is 18.5. The van der Waals surface area contributed by atoms with Crippen molar-refractivity contribution in [1.82, 2.24) is 4.72 Å². The standard InChI is InChI=1S/C12H17NO5S2/c14-10-4-2-1-3-9(10)13-20(17,18)12-6-5-8(19-12)7-11(15)16/h5-6,9-10,13-14H,1-4,7H2,(H,15,16)/t9-,10-/m0/s1. The maximum absolute atomic E-state index is 12.2. The van der Waals surface area contributed by atoms with Crippen LogP contribution >= 0.6 is 11.3 Å². The number of aliphatic hydroxyl groups is 1. The van der Waals surface area contributed by atoms with E-state index < -0.39 is 28.1 Å². The number of thiophene rings is 1. The molecule has 20 heavy (non-hydrogen) atoms. The van der Waals surface area contributed by atoms with Gasteiger partial charge in [0.05, 0.1) is 12.5 Å². The third-order valence-corrected chi connectivity index (χ3v) is 6.33. The van der Waals surface area contributed by atoms with Gasteiger partial charge < -0.3 is 10.2 Å². The van der Waals surface area contributed by atoms with Crippen LogP contribution in [-0.2, 0) is 21.2 Å². The quantitative estimate of drug-likeness (QED) is 0.750. The van der Waals surface area contributed by atoms with E-state index in [1.54, 1.807) is 0 Å². The first-order chi connectivity index (χ1) is 9.38. The van der Waals surface area contributed by atoms with Crippen molar-refractivity contribution in [3.05, 3.63) is 17.0 Å². The summed E-state index contributed by atoms with van der Waals surface area (Å²) in [6, 6.07) is 2.45. The van der Waals surface area contributed by atoms with Gasteiger partial charge in [-0.25, -0.2) is 13.1 Å². The lowest BCUT2D eigenvalue weighted by molar-refractivity contribution is -0.136. The highest BCUT2D eigenvalue weighted by Gasteiger charge is 2.28. The Kier molecular flexibility index (Phi) is 4.79. The van der Waals surface area contributed by atoms with Crippen LogP contribution in [0.4, 0.5) is 0 Å². The summed E-state index contributed by atoms with van der Waals surface area (Å²) in [6.07, 6.45) is 2.17. The normalized spacial score (nSPS) is 23.6. The lowest BCUT2D eigenvalue weighted by atomic mass is 9.93. The molecule has 1 aromatic heterocycles. The first kappa shape index (κ1) is 15.4. The average Bonchev–Trinajstić information content (AvgIpc) is 2.80. The van der Waals surface area contributed by atoms with Crippen molar-refractivity contribution in [2.24, 2.45) is 0 Å². The van der Waals surface area contributed by atoms with E-state index >= 15 is 0 Å². The third kappa shape index (κ3) is 3.78. The van der Waals surface area contributed by atoms with Crippen LogP contribution in [0.3, 0.4) is 0 Å². The molecular weight excluding hydrogens is 302 g/mol. The Hall–Kier alpha value is -0.960. The van der Waals surface area contributed by atoms with Gasteiger partial charge in [-0.05, 0) is 25.0 Å². The van der Waals surface area contributed by atoms with E-state index in [1.165, 1.54) is 12.1 Å². The second-order valence-corrected chi connectivity index (χ2v) is 7.98. The molecule has 112 valence electrons. The first-order valence-corrected chi connectivity index (χ1v) is 8.69. The number of carbonyl (C=O) groups is 1. The zero-order valence-corrected chi connectivity index (χ0v) is 12.4. The Labute approximate surface area is 121 Å². The second kappa shape index (κ2) is 6.21. The number of hydrogen-bond donors (Lipinski definition) is 3. The summed E-state index contributed by atoms with van der Waals surface area (Å²) in [7, 11) is -3.69. The largest absolute Gasteiger partial charge is 0.481 e. The zero-order chi connectivity index (χ0) is 14.8. The topological polar surface area (TPSA) is 104 Å². The van der Waals surface area contributed by atoms with Gasteiger partial charge in [0.15, 0.2) is 0 Å². The van der Waals surface area contributed by atoms with Gasteiger partial charge in [-0.3, -0.25) is 4.79 Å². The van der Waals surface area contributed by atoms with E-state index in [-0.39, 0.29) is 10.6 Å². The molecule has 1 saturated carbocycles. The van der Waals surface area contributed by atoms with Crippen molar-refractivity contribution >= 4 is 27.3 Å². The number of aliphatic hydroxyl groups excluding tert-OH is 1. The minimum absolute atomic E-state index is 0.0894. The number of carboxylic acids is 1. The highest BCUT2D eigenvalue weighted by molar-refractivity contribution is 7.91. The zero-order valence-electron chi connectivity index (χ0n) is 10.8. The molecule has 1 aliphatic carbocycles. The van der Waals surface area contributed by atoms with Crippen LogP contribution in [0, 0.1) is 0 Å². The van der Waals surface area contributed by atoms with E-state index in [9.17, 15) is 18.3 Å². The molecule has 0 aliphatic heterocycles. The van der Waals surface area contributed by atoms with Gasteiger partial charge >= 0.3 is 5.97 Å². The molecule has 1 heterocycles. The minimum Gasteiger partial charge on any atom is -0.481 e. The molecule has 0 unspecified atom stereocenters. The number of carboxylic acid groups (broad SMARTS) is 1. The van der Waals surface area contributed by atoms with Crippen molar-refractivity contribution in [2.75, 3.05) is 0 Å². The second-order valence-electron chi connectivity index (χ2n) is 4.87. The van der Waals surface area contributed by atoms with Crippen molar-refractivity contribution in [1.29, 1.82) is 0 Å². The van der Waals surface area contributed by atoms with Gasteiger partial charge in [0.2, 0.25) is 10.0 Å². The first-order valence-electron chi connectivity index (χ1n) is 6.39. The Bertz CT molecular complexity index is 580. The molecule has 3 N–H and O–H groups in total. The molecule has 1 fully saturated rings. The third-order valence-electron chi connectivity index (χ3n) is 3.26. The van der Waals surface area contributed by atoms with Crippen molar-refractivity contribution < 1.29 is 23.4 Å². The maximum atomic E-state index is 12.2. The van der Waals surface area contributed by atoms with E-state index in [4.69, 9.17) is 5.11 Å². The van der Waals surface area contributed by atoms with E-state index in [0.717, 1.165) is 24.2 Å². The number of hydrogen-bond acceptors (Lipinski definition) is 5. The van der Waals surface area contributed by atoms with Crippen LogP contribution in [0.5, 0.6) is 0 Å². The summed E-state index contributed by atoms with van der Waals surface area (Å²) < 4.78 is 27.0. The Balaban J connectivity index is 2.09. The van der Waals surface area contributed by atoms with Crippen LogP contribution in [0.1, 0.15) is 30.6 Å². The van der Waals surface area contributed by atoms with E-state index in [1.807, 2.05) is 0 Å². The van der Waals surface area contributed by atoms with Crippen LogP contribution in [0.15, 0.2) is 16.3 Å². The SMILES string of the molecule is O=C(O)Cc1ccc(S(=O)(=O)N[C@H]2CCCC[C@@H]2O)s1. The number of nitrogens with one attached hydrogen (secondary N) is 1. The van der Waals surface area contributed by atoms with E-state index in [0.29, 0.717) is 17.7 Å². The van der Waals surface area contributed by atoms with Gasteiger partial charge in [0.1, 0.15) is 4.21 Å². The van der Waals surface area contributed by atoms with Crippen LogP contribution in [0.25, 0.3) is 0 Å². The molecule has 0 aromatic carbocycles. The van der Waals surface area contributed by atoms with Gasteiger partial charge in [-0.2, -0.15) is 0 Å². The van der Waals surface area contributed by atoms with Crippen molar-refractivity contribution in [3.8, 4) is 0 Å². The Morgan fingerprint density at radius 1 is 1.35 bits per heavy atom. The monoisotopic (exact) mass is 319 g/mol. The molecule has 8 heteroatoms. The molecule has 0 bridgehead atoms. The summed E-state index contributed by atoms with van der Waals surface area (Å²) >= 11 is 0.945. The van der Waals surface area contributed by atoms with Gasteiger partial charge in [0.25, 0.3) is 0 Å². The summed E-state index contributed by atoms with van der Waals surface area (Å²) in [6.45, 7) is 0. The molecular formula is C12H17NO5S2. The molecule has 0 saturated heterocycles. The molecule has 0 amide bonds. The fourth-order valence-corrected chi connectivity index (χ4v) is 4.92. The predicted octanol–water partition coefficient (Wildman–Crippen LogP) is 0.957.